The number of anilines is 1. The second-order valence-electron chi connectivity index (χ2n) is 5.53. The van der Waals surface area contributed by atoms with Crippen molar-refractivity contribution in [2.24, 2.45) is 0 Å². The van der Waals surface area contributed by atoms with Crippen molar-refractivity contribution in [2.45, 2.75) is 40.5 Å². The monoisotopic (exact) mass is 395 g/mol. The highest BCUT2D eigenvalue weighted by Crippen LogP contribution is 2.30. The van der Waals surface area contributed by atoms with Crippen molar-refractivity contribution in [3.8, 4) is 11.4 Å². The number of aromatic nitrogens is 2. The molecular formula is C17H22IN3. The van der Waals surface area contributed by atoms with Crippen LogP contribution in [0.2, 0.25) is 0 Å². The molecule has 2 aromatic rings. The van der Waals surface area contributed by atoms with E-state index in [0.29, 0.717) is 5.92 Å². The molecule has 0 radical (unpaired) electrons. The minimum absolute atomic E-state index is 0.376. The van der Waals surface area contributed by atoms with Crippen LogP contribution in [0.1, 0.15) is 43.5 Å². The van der Waals surface area contributed by atoms with Crippen molar-refractivity contribution in [1.29, 1.82) is 0 Å². The Balaban J connectivity index is 2.66. The lowest BCUT2D eigenvalue weighted by Gasteiger charge is -2.15. The summed E-state index contributed by atoms with van der Waals surface area (Å²) >= 11 is 2.34. The van der Waals surface area contributed by atoms with E-state index < -0.39 is 0 Å². The van der Waals surface area contributed by atoms with E-state index >= 15 is 0 Å². The molecule has 0 aliphatic carbocycles. The van der Waals surface area contributed by atoms with Crippen LogP contribution in [0.25, 0.3) is 11.4 Å². The highest BCUT2D eigenvalue weighted by atomic mass is 127. The van der Waals surface area contributed by atoms with Gasteiger partial charge in [-0.3, -0.25) is 0 Å². The molecule has 1 aromatic carbocycles. The van der Waals surface area contributed by atoms with E-state index in [1.165, 1.54) is 11.1 Å². The Morgan fingerprint density at radius 1 is 1.19 bits per heavy atom. The largest absolute Gasteiger partial charge is 0.369 e. The Morgan fingerprint density at radius 2 is 1.90 bits per heavy atom. The van der Waals surface area contributed by atoms with Crippen LogP contribution in [0.3, 0.4) is 0 Å². The van der Waals surface area contributed by atoms with Gasteiger partial charge in [-0.2, -0.15) is 0 Å². The van der Waals surface area contributed by atoms with E-state index in [1.807, 2.05) is 0 Å². The third-order valence-corrected chi connectivity index (χ3v) is 4.68. The Hall–Kier alpha value is -1.17. The normalized spacial score (nSPS) is 11.0. The average molecular weight is 395 g/mol. The molecule has 1 aromatic heterocycles. The van der Waals surface area contributed by atoms with Gasteiger partial charge in [0, 0.05) is 12.1 Å². The second kappa shape index (κ2) is 6.73. The van der Waals surface area contributed by atoms with Gasteiger partial charge in [-0.05, 0) is 60.4 Å². The van der Waals surface area contributed by atoms with Crippen molar-refractivity contribution < 1.29 is 0 Å². The minimum Gasteiger partial charge on any atom is -0.369 e. The third kappa shape index (κ3) is 3.36. The Bertz CT molecular complexity index is 651. The summed E-state index contributed by atoms with van der Waals surface area (Å²) in [6.45, 7) is 11.6. The molecule has 1 heterocycles. The van der Waals surface area contributed by atoms with Gasteiger partial charge >= 0.3 is 0 Å². The van der Waals surface area contributed by atoms with Gasteiger partial charge in [0.1, 0.15) is 5.82 Å². The van der Waals surface area contributed by atoms with Gasteiger partial charge in [-0.25, -0.2) is 9.97 Å². The predicted molar refractivity (Wildman–Crippen MR) is 97.9 cm³/mol. The zero-order chi connectivity index (χ0) is 15.6. The molecule has 0 amide bonds. The Kier molecular flexibility index (Phi) is 5.19. The first-order valence-corrected chi connectivity index (χ1v) is 8.41. The highest BCUT2D eigenvalue weighted by Gasteiger charge is 2.16. The number of hydrogen-bond acceptors (Lipinski definition) is 3. The van der Waals surface area contributed by atoms with E-state index in [4.69, 9.17) is 9.97 Å². The molecule has 1 N–H and O–H groups in total. The summed E-state index contributed by atoms with van der Waals surface area (Å²) in [5.74, 6) is 2.13. The molecule has 0 aliphatic rings. The summed E-state index contributed by atoms with van der Waals surface area (Å²) in [6.07, 6.45) is 0. The number of aryl methyl sites for hydroxylation is 1. The van der Waals surface area contributed by atoms with E-state index in [2.05, 4.69) is 80.7 Å². The zero-order valence-corrected chi connectivity index (χ0v) is 15.4. The Morgan fingerprint density at radius 3 is 2.52 bits per heavy atom. The molecular weight excluding hydrogens is 373 g/mol. The van der Waals surface area contributed by atoms with Crippen LogP contribution in [0.5, 0.6) is 0 Å². The van der Waals surface area contributed by atoms with Gasteiger partial charge in [-0.1, -0.05) is 32.0 Å². The van der Waals surface area contributed by atoms with Crippen LogP contribution in [0.4, 0.5) is 5.82 Å². The number of rotatable bonds is 4. The van der Waals surface area contributed by atoms with Crippen molar-refractivity contribution >= 4 is 28.4 Å². The summed E-state index contributed by atoms with van der Waals surface area (Å²) in [5.41, 5.74) is 4.74. The van der Waals surface area contributed by atoms with Crippen molar-refractivity contribution in [3.63, 3.8) is 0 Å². The number of halogens is 1. The van der Waals surface area contributed by atoms with Crippen LogP contribution in [0.15, 0.2) is 18.2 Å². The quantitative estimate of drug-likeness (QED) is 0.747. The summed E-state index contributed by atoms with van der Waals surface area (Å²) in [4.78, 5) is 9.58. The Labute approximate surface area is 140 Å². The average Bonchev–Trinajstić information content (AvgIpc) is 2.44. The van der Waals surface area contributed by atoms with Crippen molar-refractivity contribution in [1.82, 2.24) is 9.97 Å². The van der Waals surface area contributed by atoms with Crippen LogP contribution in [-0.2, 0) is 0 Å². The summed E-state index contributed by atoms with van der Waals surface area (Å²) in [5, 5.41) is 3.36. The fourth-order valence-electron chi connectivity index (χ4n) is 2.25. The first-order chi connectivity index (χ1) is 9.95. The highest BCUT2D eigenvalue weighted by molar-refractivity contribution is 14.1. The van der Waals surface area contributed by atoms with Crippen LogP contribution in [0, 0.1) is 17.4 Å². The zero-order valence-electron chi connectivity index (χ0n) is 13.3. The van der Waals surface area contributed by atoms with E-state index in [0.717, 1.165) is 33.0 Å². The minimum atomic E-state index is 0.376. The van der Waals surface area contributed by atoms with Gasteiger partial charge in [0.05, 0.1) is 9.26 Å². The van der Waals surface area contributed by atoms with Crippen LogP contribution < -0.4 is 5.32 Å². The van der Waals surface area contributed by atoms with Gasteiger partial charge in [0.15, 0.2) is 5.82 Å². The van der Waals surface area contributed by atoms with Gasteiger partial charge < -0.3 is 5.32 Å². The van der Waals surface area contributed by atoms with Gasteiger partial charge in [-0.15, -0.1) is 0 Å². The maximum atomic E-state index is 4.83. The molecule has 0 bridgehead atoms. The molecule has 0 saturated carbocycles. The fourth-order valence-corrected chi connectivity index (χ4v) is 3.30. The maximum Gasteiger partial charge on any atom is 0.162 e. The summed E-state index contributed by atoms with van der Waals surface area (Å²) in [7, 11) is 0. The predicted octanol–water partition coefficient (Wildman–Crippen LogP) is 4.92. The van der Waals surface area contributed by atoms with E-state index in [1.54, 1.807) is 0 Å². The van der Waals surface area contributed by atoms with Crippen LogP contribution in [-0.4, -0.2) is 16.5 Å². The van der Waals surface area contributed by atoms with Crippen LogP contribution >= 0.6 is 22.6 Å². The summed E-state index contributed by atoms with van der Waals surface area (Å²) < 4.78 is 1.12. The smallest absolute Gasteiger partial charge is 0.162 e. The van der Waals surface area contributed by atoms with Crippen molar-refractivity contribution in [3.05, 3.63) is 38.6 Å². The first-order valence-electron chi connectivity index (χ1n) is 7.33. The molecule has 0 aliphatic heterocycles. The van der Waals surface area contributed by atoms with Crippen molar-refractivity contribution in [2.75, 3.05) is 11.9 Å². The third-order valence-electron chi connectivity index (χ3n) is 3.61. The number of nitrogens with zero attached hydrogens (tertiary/aromatic N) is 2. The molecule has 112 valence electrons. The molecule has 0 spiro atoms. The second-order valence-corrected chi connectivity index (χ2v) is 6.61. The lowest BCUT2D eigenvalue weighted by atomic mass is 10.0. The molecule has 2 rings (SSSR count). The fraction of sp³-hybridized carbons (Fsp3) is 0.412. The molecule has 3 nitrogen and oxygen atoms in total. The standard InChI is InChI=1S/C17H22IN3/c1-6-19-17-14(18)15(10(2)3)20-16(21-17)13-9-7-8-11(4)12(13)5/h7-10H,6H2,1-5H3,(H,19,20,21). The topological polar surface area (TPSA) is 37.8 Å². The molecule has 0 atom stereocenters. The number of benzene rings is 1. The van der Waals surface area contributed by atoms with Gasteiger partial charge in [0.25, 0.3) is 0 Å². The lowest BCUT2D eigenvalue weighted by Crippen LogP contribution is -2.09. The van der Waals surface area contributed by atoms with E-state index in [9.17, 15) is 0 Å². The number of hydrogen-bond donors (Lipinski definition) is 1. The molecule has 0 saturated heterocycles. The molecule has 21 heavy (non-hydrogen) atoms. The maximum absolute atomic E-state index is 4.83. The SMILES string of the molecule is CCNc1nc(-c2cccc(C)c2C)nc(C(C)C)c1I. The van der Waals surface area contributed by atoms with Gasteiger partial charge in [0.2, 0.25) is 0 Å². The molecule has 0 fully saturated rings. The molecule has 0 unspecified atom stereocenters. The van der Waals surface area contributed by atoms with E-state index in [-0.39, 0.29) is 0 Å². The summed E-state index contributed by atoms with van der Waals surface area (Å²) in [6, 6.07) is 6.30. The first kappa shape index (κ1) is 16.2. The number of nitrogens with one attached hydrogen (secondary N) is 1. The lowest BCUT2D eigenvalue weighted by molar-refractivity contribution is 0.808. The molecule has 4 heteroatoms.